The number of methoxy groups -OCH3 is 2. The molecule has 0 radical (unpaired) electrons. The third-order valence-electron chi connectivity index (χ3n) is 4.46. The molecule has 2 heterocycles. The quantitative estimate of drug-likeness (QED) is 0.406. The Bertz CT molecular complexity index is 1090. The van der Waals surface area contributed by atoms with Crippen molar-refractivity contribution in [3.05, 3.63) is 77.2 Å². The molecule has 0 amide bonds. The number of rotatable bonds is 7. The summed E-state index contributed by atoms with van der Waals surface area (Å²) in [7, 11) is 3.18. The molecular weight excluding hydrogens is 429 g/mol. The molecule has 0 bridgehead atoms. The van der Waals surface area contributed by atoms with Crippen LogP contribution in [0, 0.1) is 0 Å². The van der Waals surface area contributed by atoms with E-state index in [2.05, 4.69) is 4.99 Å². The number of ether oxygens (including phenoxy) is 2. The summed E-state index contributed by atoms with van der Waals surface area (Å²) < 4.78 is 17.5. The van der Waals surface area contributed by atoms with Crippen LogP contribution < -0.4 is 25.1 Å². The fourth-order valence-corrected chi connectivity index (χ4v) is 3.27. The van der Waals surface area contributed by atoms with Crippen LogP contribution in [0.4, 0.5) is 5.69 Å². The molecule has 1 aromatic heterocycles. The lowest BCUT2D eigenvalue weighted by atomic mass is 10.2. The van der Waals surface area contributed by atoms with Crippen LogP contribution in [0.5, 0.6) is 11.5 Å². The number of hydrogen-bond donors (Lipinski definition) is 0. The first-order chi connectivity index (χ1) is 14.2. The van der Waals surface area contributed by atoms with Gasteiger partial charge in [0.1, 0.15) is 13.3 Å². The predicted octanol–water partition coefficient (Wildman–Crippen LogP) is 3.47. The highest BCUT2D eigenvalue weighted by atomic mass is 35.5. The highest BCUT2D eigenvalue weighted by Gasteiger charge is 2.24. The maximum atomic E-state index is 6.58. The number of nitrogens with zero attached hydrogens (tertiary/aromatic N) is 3. The Labute approximate surface area is 185 Å². The average molecular weight is 450 g/mol. The van der Waals surface area contributed by atoms with Crippen molar-refractivity contribution in [1.82, 2.24) is 4.42 Å². The van der Waals surface area contributed by atoms with Crippen LogP contribution in [0.25, 0.3) is 5.82 Å². The second-order valence-electron chi connectivity index (χ2n) is 6.24. The minimum Gasteiger partial charge on any atom is -0.493 e. The Balaban J connectivity index is 0.00000256. The molecule has 4 rings (SSSR count). The number of hydroxylamine groups is 1. The fraction of sp³-hybridized carbons (Fsp3) is 0.190. The molecule has 9 heteroatoms. The molecule has 0 atom stereocenters. The lowest BCUT2D eigenvalue weighted by Crippen LogP contribution is -2.44. The van der Waals surface area contributed by atoms with Gasteiger partial charge >= 0.3 is 0 Å². The monoisotopic (exact) mass is 449 g/mol. The summed E-state index contributed by atoms with van der Waals surface area (Å²) in [6.07, 6.45) is 3.25. The largest absolute Gasteiger partial charge is 0.493 e. The third-order valence-corrected chi connectivity index (χ3v) is 4.73. The van der Waals surface area contributed by atoms with E-state index in [0.29, 0.717) is 23.9 Å². The Morgan fingerprint density at radius 1 is 1.10 bits per heavy atom. The molecule has 0 saturated carbocycles. The van der Waals surface area contributed by atoms with Crippen molar-refractivity contribution in [3.8, 4) is 11.5 Å². The SMILES string of the molecule is COc1cc2c(cc1OC)=C(N(OCc1ccoc1)c1ccccc1)N(Cl)CN=2.Cl. The molecule has 0 aliphatic carbocycles. The van der Waals surface area contributed by atoms with Crippen molar-refractivity contribution in [2.45, 2.75) is 6.61 Å². The summed E-state index contributed by atoms with van der Waals surface area (Å²) >= 11 is 6.58. The number of hydrogen-bond acceptors (Lipinski definition) is 7. The zero-order valence-electron chi connectivity index (χ0n) is 16.4. The molecule has 0 spiro atoms. The minimum absolute atomic E-state index is 0. The Kier molecular flexibility index (Phi) is 7.10. The number of anilines is 1. The van der Waals surface area contributed by atoms with Crippen molar-refractivity contribution in [2.24, 2.45) is 4.99 Å². The van der Waals surface area contributed by atoms with Gasteiger partial charge in [0.15, 0.2) is 17.3 Å². The Hall–Kier alpha value is -2.87. The number of halogens is 2. The van der Waals surface area contributed by atoms with Crippen LogP contribution in [0.3, 0.4) is 0 Å². The highest BCUT2D eigenvalue weighted by molar-refractivity contribution is 6.17. The van der Waals surface area contributed by atoms with E-state index in [1.807, 2.05) is 48.5 Å². The van der Waals surface area contributed by atoms with Gasteiger partial charge in [0, 0.05) is 28.6 Å². The van der Waals surface area contributed by atoms with Crippen LogP contribution in [0.1, 0.15) is 5.56 Å². The molecule has 0 saturated heterocycles. The fourth-order valence-electron chi connectivity index (χ4n) is 3.06. The molecular formula is C21H21Cl2N3O4. The zero-order chi connectivity index (χ0) is 20.2. The first kappa shape index (κ1) is 21.8. The maximum Gasteiger partial charge on any atom is 0.162 e. The van der Waals surface area contributed by atoms with Crippen molar-refractivity contribution in [3.63, 3.8) is 0 Å². The third kappa shape index (κ3) is 4.33. The normalized spacial score (nSPS) is 12.5. The van der Waals surface area contributed by atoms with Crippen molar-refractivity contribution >= 4 is 35.7 Å². The van der Waals surface area contributed by atoms with Crippen LogP contribution >= 0.6 is 24.2 Å². The summed E-state index contributed by atoms with van der Waals surface area (Å²) in [6.45, 7) is 0.567. The number of benzene rings is 2. The summed E-state index contributed by atoms with van der Waals surface area (Å²) in [5.74, 6) is 1.81. The molecule has 158 valence electrons. The van der Waals surface area contributed by atoms with Gasteiger partial charge in [0.05, 0.1) is 37.8 Å². The molecule has 0 fully saturated rings. The van der Waals surface area contributed by atoms with E-state index in [1.54, 1.807) is 31.8 Å². The van der Waals surface area contributed by atoms with E-state index in [0.717, 1.165) is 21.8 Å². The lowest BCUT2D eigenvalue weighted by Gasteiger charge is -2.31. The summed E-state index contributed by atoms with van der Waals surface area (Å²) in [5.41, 5.74) is 1.72. The smallest absolute Gasteiger partial charge is 0.162 e. The zero-order valence-corrected chi connectivity index (χ0v) is 18.0. The average Bonchev–Trinajstić information content (AvgIpc) is 3.28. The Morgan fingerprint density at radius 2 is 1.83 bits per heavy atom. The lowest BCUT2D eigenvalue weighted by molar-refractivity contribution is 0.115. The molecule has 2 aromatic carbocycles. The summed E-state index contributed by atoms with van der Waals surface area (Å²) in [4.78, 5) is 10.7. The van der Waals surface area contributed by atoms with E-state index in [4.69, 9.17) is 30.5 Å². The van der Waals surface area contributed by atoms with E-state index >= 15 is 0 Å². The maximum absolute atomic E-state index is 6.58. The van der Waals surface area contributed by atoms with Crippen molar-refractivity contribution < 1.29 is 18.7 Å². The second kappa shape index (κ2) is 9.75. The van der Waals surface area contributed by atoms with E-state index in [-0.39, 0.29) is 19.1 Å². The van der Waals surface area contributed by atoms with Gasteiger partial charge in [-0.05, 0) is 24.3 Å². The van der Waals surface area contributed by atoms with Crippen LogP contribution in [-0.4, -0.2) is 25.3 Å². The van der Waals surface area contributed by atoms with Crippen LogP contribution in [0.2, 0.25) is 0 Å². The molecule has 1 aliphatic heterocycles. The van der Waals surface area contributed by atoms with Crippen molar-refractivity contribution in [2.75, 3.05) is 26.0 Å². The Morgan fingerprint density at radius 3 is 2.50 bits per heavy atom. The number of fused-ring (bicyclic) bond motifs is 1. The molecule has 3 aromatic rings. The van der Waals surface area contributed by atoms with Gasteiger partial charge in [-0.2, -0.15) is 0 Å². The minimum atomic E-state index is 0. The standard InChI is InChI=1S/C21H20ClN3O4.ClH/c1-26-19-10-17-18(11-20(19)27-2)23-14-24(22)21(17)25(16-6-4-3-5-7-16)29-13-15-8-9-28-12-15;/h3-12H,13-14H2,1-2H3;1H. The molecule has 7 nitrogen and oxygen atoms in total. The van der Waals surface area contributed by atoms with E-state index in [1.165, 1.54) is 4.42 Å². The first-order valence-corrected chi connectivity index (χ1v) is 9.28. The number of furan rings is 1. The van der Waals surface area contributed by atoms with E-state index in [9.17, 15) is 0 Å². The van der Waals surface area contributed by atoms with E-state index < -0.39 is 0 Å². The molecule has 1 aliphatic rings. The molecule has 0 unspecified atom stereocenters. The topological polar surface area (TPSA) is 59.7 Å². The van der Waals surface area contributed by atoms with Gasteiger partial charge in [-0.25, -0.2) is 9.48 Å². The van der Waals surface area contributed by atoms with Gasteiger partial charge in [0.25, 0.3) is 0 Å². The second-order valence-corrected chi connectivity index (χ2v) is 6.65. The van der Waals surface area contributed by atoms with Gasteiger partial charge in [-0.15, -0.1) is 12.4 Å². The predicted molar refractivity (Wildman–Crippen MR) is 116 cm³/mol. The highest BCUT2D eigenvalue weighted by Crippen LogP contribution is 2.27. The number of para-hydroxylation sites is 1. The van der Waals surface area contributed by atoms with Crippen LogP contribution in [-0.2, 0) is 11.4 Å². The van der Waals surface area contributed by atoms with Gasteiger partial charge in [-0.1, -0.05) is 18.2 Å². The molecule has 30 heavy (non-hydrogen) atoms. The first-order valence-electron chi connectivity index (χ1n) is 8.94. The van der Waals surface area contributed by atoms with Crippen molar-refractivity contribution in [1.29, 1.82) is 0 Å². The molecule has 0 N–H and O–H groups in total. The summed E-state index contributed by atoms with van der Waals surface area (Å²) in [5, 5.41) is 3.20. The van der Waals surface area contributed by atoms with Crippen LogP contribution in [0.15, 0.2) is 70.5 Å². The van der Waals surface area contributed by atoms with Gasteiger partial charge in [0.2, 0.25) is 0 Å². The summed E-state index contributed by atoms with van der Waals surface area (Å²) in [6, 6.07) is 15.2. The van der Waals surface area contributed by atoms with Gasteiger partial charge in [-0.3, -0.25) is 9.83 Å². The van der Waals surface area contributed by atoms with Gasteiger partial charge < -0.3 is 13.9 Å².